The standard InChI is InChI=1S/C19H25N3O5S3/c1-15(23)21-16-7-9-18(10-8-16)29(24,25)20-12-11-17-5-2-3-13-22(17)30(26,27)19-6-4-14-28-19/h4,6-10,14,17,20H,2-3,5,11-13H2,1H3,(H,21,23). The molecule has 0 radical (unpaired) electrons. The summed E-state index contributed by atoms with van der Waals surface area (Å²) in [4.78, 5) is 11.2. The molecule has 2 heterocycles. The molecule has 2 aromatic rings. The lowest BCUT2D eigenvalue weighted by molar-refractivity contribution is -0.114. The summed E-state index contributed by atoms with van der Waals surface area (Å²) in [5.41, 5.74) is 0.512. The molecule has 164 valence electrons. The lowest BCUT2D eigenvalue weighted by Crippen LogP contribution is -2.44. The molecule has 8 nitrogen and oxygen atoms in total. The number of thiophene rings is 1. The van der Waals surface area contributed by atoms with Crippen molar-refractivity contribution in [3.05, 3.63) is 41.8 Å². The molecule has 1 aliphatic rings. The molecule has 30 heavy (non-hydrogen) atoms. The lowest BCUT2D eigenvalue weighted by Gasteiger charge is -2.34. The van der Waals surface area contributed by atoms with Gasteiger partial charge in [-0.2, -0.15) is 4.31 Å². The Morgan fingerprint density at radius 3 is 2.50 bits per heavy atom. The molecule has 1 amide bonds. The van der Waals surface area contributed by atoms with Gasteiger partial charge in [-0.3, -0.25) is 4.79 Å². The average Bonchev–Trinajstić information content (AvgIpc) is 3.24. The van der Waals surface area contributed by atoms with Gasteiger partial charge in [-0.05, 0) is 55.0 Å². The van der Waals surface area contributed by atoms with Crippen molar-refractivity contribution < 1.29 is 21.6 Å². The van der Waals surface area contributed by atoms with Gasteiger partial charge >= 0.3 is 0 Å². The van der Waals surface area contributed by atoms with Crippen LogP contribution in [-0.4, -0.2) is 46.2 Å². The number of carbonyl (C=O) groups is 1. The third-order valence-corrected chi connectivity index (χ3v) is 9.69. The first-order valence-electron chi connectivity index (χ1n) is 9.63. The Morgan fingerprint density at radius 2 is 1.87 bits per heavy atom. The Hall–Kier alpha value is -1.79. The minimum absolute atomic E-state index is 0.0864. The summed E-state index contributed by atoms with van der Waals surface area (Å²) in [6, 6.07) is 8.94. The molecule has 1 fully saturated rings. The third-order valence-electron chi connectivity index (χ3n) is 4.89. The highest BCUT2D eigenvalue weighted by atomic mass is 32.2. The molecule has 0 bridgehead atoms. The summed E-state index contributed by atoms with van der Waals surface area (Å²) < 4.78 is 55.3. The summed E-state index contributed by atoms with van der Waals surface area (Å²) >= 11 is 1.19. The summed E-state index contributed by atoms with van der Waals surface area (Å²) in [5, 5.41) is 4.32. The Morgan fingerprint density at radius 1 is 1.13 bits per heavy atom. The topological polar surface area (TPSA) is 113 Å². The van der Waals surface area contributed by atoms with Crippen molar-refractivity contribution in [1.82, 2.24) is 9.03 Å². The fourth-order valence-electron chi connectivity index (χ4n) is 3.47. The molecule has 0 aliphatic carbocycles. The van der Waals surface area contributed by atoms with E-state index in [9.17, 15) is 21.6 Å². The van der Waals surface area contributed by atoms with Gasteiger partial charge < -0.3 is 5.32 Å². The molecule has 11 heteroatoms. The van der Waals surface area contributed by atoms with E-state index in [-0.39, 0.29) is 23.4 Å². The van der Waals surface area contributed by atoms with Gasteiger partial charge in [-0.25, -0.2) is 21.6 Å². The second kappa shape index (κ2) is 9.56. The summed E-state index contributed by atoms with van der Waals surface area (Å²) in [5.74, 6) is -0.238. The van der Waals surface area contributed by atoms with E-state index in [4.69, 9.17) is 0 Å². The summed E-state index contributed by atoms with van der Waals surface area (Å²) in [6.45, 7) is 1.96. The van der Waals surface area contributed by atoms with Crippen molar-refractivity contribution >= 4 is 43.0 Å². The molecular weight excluding hydrogens is 446 g/mol. The zero-order chi connectivity index (χ0) is 21.8. The van der Waals surface area contributed by atoms with Crippen molar-refractivity contribution in [1.29, 1.82) is 0 Å². The lowest BCUT2D eigenvalue weighted by atomic mass is 10.0. The summed E-state index contributed by atoms with van der Waals surface area (Å²) in [7, 11) is -7.29. The van der Waals surface area contributed by atoms with Crippen LogP contribution in [0.15, 0.2) is 50.9 Å². The van der Waals surface area contributed by atoms with Crippen LogP contribution in [0, 0.1) is 0 Å². The number of nitrogens with zero attached hydrogens (tertiary/aromatic N) is 1. The zero-order valence-electron chi connectivity index (χ0n) is 16.6. The maximum atomic E-state index is 12.9. The van der Waals surface area contributed by atoms with Gasteiger partial charge in [-0.1, -0.05) is 12.5 Å². The maximum Gasteiger partial charge on any atom is 0.252 e. The van der Waals surface area contributed by atoms with E-state index in [1.54, 1.807) is 17.5 Å². The SMILES string of the molecule is CC(=O)Nc1ccc(S(=O)(=O)NCCC2CCCCN2S(=O)(=O)c2cccs2)cc1. The second-order valence-electron chi connectivity index (χ2n) is 7.09. The van der Waals surface area contributed by atoms with E-state index in [1.165, 1.54) is 46.8 Å². The number of amides is 1. The predicted molar refractivity (Wildman–Crippen MR) is 116 cm³/mol. The van der Waals surface area contributed by atoms with Crippen LogP contribution < -0.4 is 10.0 Å². The number of benzene rings is 1. The minimum Gasteiger partial charge on any atom is -0.326 e. The van der Waals surface area contributed by atoms with Gasteiger partial charge in [0.25, 0.3) is 10.0 Å². The van der Waals surface area contributed by atoms with Crippen LogP contribution in [0.4, 0.5) is 5.69 Å². The van der Waals surface area contributed by atoms with E-state index in [0.29, 0.717) is 29.3 Å². The largest absolute Gasteiger partial charge is 0.326 e. The Kier molecular flexibility index (Phi) is 7.30. The molecule has 0 saturated carbocycles. The Labute approximate surface area is 181 Å². The van der Waals surface area contributed by atoms with Crippen LogP contribution in [0.2, 0.25) is 0 Å². The molecule has 1 atom stereocenters. The first-order valence-corrected chi connectivity index (χ1v) is 13.4. The van der Waals surface area contributed by atoms with E-state index in [0.717, 1.165) is 12.8 Å². The third kappa shape index (κ3) is 5.46. The highest BCUT2D eigenvalue weighted by Crippen LogP contribution is 2.29. The second-order valence-corrected chi connectivity index (χ2v) is 11.9. The summed E-state index contributed by atoms with van der Waals surface area (Å²) in [6.07, 6.45) is 2.82. The number of carbonyl (C=O) groups excluding carboxylic acids is 1. The number of hydrogen-bond acceptors (Lipinski definition) is 6. The van der Waals surface area contributed by atoms with E-state index in [2.05, 4.69) is 10.0 Å². The van der Waals surface area contributed by atoms with Crippen LogP contribution in [0.25, 0.3) is 0 Å². The van der Waals surface area contributed by atoms with Crippen LogP contribution in [0.1, 0.15) is 32.6 Å². The molecule has 0 spiro atoms. The highest BCUT2D eigenvalue weighted by molar-refractivity contribution is 7.91. The van der Waals surface area contributed by atoms with Crippen molar-refractivity contribution in [2.75, 3.05) is 18.4 Å². The van der Waals surface area contributed by atoms with Gasteiger partial charge in [0.2, 0.25) is 15.9 Å². The van der Waals surface area contributed by atoms with Crippen LogP contribution >= 0.6 is 11.3 Å². The van der Waals surface area contributed by atoms with Gasteiger partial charge in [0.05, 0.1) is 4.90 Å². The Bertz CT molecular complexity index is 1070. The maximum absolute atomic E-state index is 12.9. The van der Waals surface area contributed by atoms with Crippen molar-refractivity contribution in [2.45, 2.75) is 47.8 Å². The first kappa shape index (κ1) is 22.9. The van der Waals surface area contributed by atoms with Gasteiger partial charge in [-0.15, -0.1) is 11.3 Å². The van der Waals surface area contributed by atoms with Crippen molar-refractivity contribution in [2.24, 2.45) is 0 Å². The van der Waals surface area contributed by atoms with Gasteiger partial charge in [0.1, 0.15) is 4.21 Å². The van der Waals surface area contributed by atoms with Gasteiger partial charge in [0.15, 0.2) is 0 Å². The van der Waals surface area contributed by atoms with Crippen molar-refractivity contribution in [3.8, 4) is 0 Å². The highest BCUT2D eigenvalue weighted by Gasteiger charge is 2.34. The van der Waals surface area contributed by atoms with Gasteiger partial charge in [0, 0.05) is 31.7 Å². The van der Waals surface area contributed by atoms with Crippen LogP contribution in [0.3, 0.4) is 0 Å². The van der Waals surface area contributed by atoms with Crippen molar-refractivity contribution in [3.63, 3.8) is 0 Å². The number of sulfonamides is 2. The quantitative estimate of drug-likeness (QED) is 0.615. The normalized spacial score (nSPS) is 18.2. The number of rotatable bonds is 8. The minimum atomic E-state index is -3.73. The van der Waals surface area contributed by atoms with Crippen LogP contribution in [0.5, 0.6) is 0 Å². The number of nitrogens with one attached hydrogen (secondary N) is 2. The smallest absolute Gasteiger partial charge is 0.252 e. The molecule has 3 rings (SSSR count). The average molecular weight is 472 g/mol. The molecular formula is C19H25N3O5S3. The monoisotopic (exact) mass is 471 g/mol. The molecule has 2 N–H and O–H groups in total. The zero-order valence-corrected chi connectivity index (χ0v) is 19.0. The number of anilines is 1. The van der Waals surface area contributed by atoms with E-state index >= 15 is 0 Å². The number of hydrogen-bond donors (Lipinski definition) is 2. The predicted octanol–water partition coefficient (Wildman–Crippen LogP) is 2.62. The fourth-order valence-corrected chi connectivity index (χ4v) is 7.36. The molecule has 1 aliphatic heterocycles. The molecule has 1 aromatic carbocycles. The molecule has 1 aromatic heterocycles. The first-order chi connectivity index (χ1) is 14.2. The molecule has 1 saturated heterocycles. The van der Waals surface area contributed by atoms with Crippen LogP contribution in [-0.2, 0) is 24.8 Å². The fraction of sp³-hybridized carbons (Fsp3) is 0.421. The Balaban J connectivity index is 1.63. The molecule has 1 unspecified atom stereocenters. The number of piperidine rings is 1. The van der Waals surface area contributed by atoms with E-state index < -0.39 is 20.0 Å². The van der Waals surface area contributed by atoms with E-state index in [1.807, 2.05) is 0 Å².